The molecule has 0 aromatic heterocycles. The summed E-state index contributed by atoms with van der Waals surface area (Å²) in [4.78, 5) is 11.6. The van der Waals surface area contributed by atoms with Crippen molar-refractivity contribution in [3.05, 3.63) is 35.6 Å². The van der Waals surface area contributed by atoms with Crippen LogP contribution >= 0.6 is 0 Å². The molecule has 2 rings (SSSR count). The zero-order chi connectivity index (χ0) is 13.0. The Hall–Kier alpha value is -1.46. The van der Waals surface area contributed by atoms with Crippen LogP contribution in [0.2, 0.25) is 0 Å². The van der Waals surface area contributed by atoms with Gasteiger partial charge in [-0.05, 0) is 43.6 Å². The second-order valence-corrected chi connectivity index (χ2v) is 4.68. The van der Waals surface area contributed by atoms with E-state index >= 15 is 0 Å². The second-order valence-electron chi connectivity index (χ2n) is 4.68. The van der Waals surface area contributed by atoms with E-state index in [4.69, 9.17) is 5.73 Å². The molecule has 1 fully saturated rings. The molecule has 1 aliphatic heterocycles. The van der Waals surface area contributed by atoms with Crippen molar-refractivity contribution in [2.75, 3.05) is 13.1 Å². The lowest BCUT2D eigenvalue weighted by molar-refractivity contribution is -0.125. The van der Waals surface area contributed by atoms with Crippen molar-refractivity contribution in [1.29, 1.82) is 0 Å². The van der Waals surface area contributed by atoms with E-state index in [9.17, 15) is 9.18 Å². The normalized spacial score (nSPS) is 18.5. The van der Waals surface area contributed by atoms with Crippen molar-refractivity contribution in [1.82, 2.24) is 10.6 Å². The van der Waals surface area contributed by atoms with Gasteiger partial charge in [0, 0.05) is 6.54 Å². The minimum absolute atomic E-state index is 0.271. The first-order chi connectivity index (χ1) is 8.62. The van der Waals surface area contributed by atoms with Crippen LogP contribution in [-0.2, 0) is 11.3 Å². The Kier molecular flexibility index (Phi) is 3.93. The van der Waals surface area contributed by atoms with E-state index in [1.807, 2.05) is 6.07 Å². The first-order valence-corrected chi connectivity index (χ1v) is 6.12. The van der Waals surface area contributed by atoms with Gasteiger partial charge in [0.1, 0.15) is 11.4 Å². The lowest BCUT2D eigenvalue weighted by atomic mass is 9.87. The molecule has 1 heterocycles. The molecule has 1 amide bonds. The summed E-state index contributed by atoms with van der Waals surface area (Å²) in [6.45, 7) is 1.97. The Bertz CT molecular complexity index is 430. The smallest absolute Gasteiger partial charge is 0.237 e. The van der Waals surface area contributed by atoms with E-state index in [1.165, 1.54) is 12.1 Å². The molecule has 1 saturated heterocycles. The predicted molar refractivity (Wildman–Crippen MR) is 67.3 cm³/mol. The predicted octanol–water partition coefficient (Wildman–Crippen LogP) is 0.523. The number of carbonyl (C=O) groups is 1. The standard InChI is InChI=1S/C13H18FN3O/c14-11-3-1-2-10(8-11)9-17-13(12(15)18)4-6-16-7-5-13/h1-3,8,16-17H,4-7,9H2,(H2,15,18). The SMILES string of the molecule is NC(=O)C1(NCc2cccc(F)c2)CCNCC1. The Morgan fingerprint density at radius 3 is 2.78 bits per heavy atom. The van der Waals surface area contributed by atoms with Crippen LogP contribution in [0.4, 0.5) is 4.39 Å². The molecule has 0 atom stereocenters. The summed E-state index contributed by atoms with van der Waals surface area (Å²) in [7, 11) is 0. The monoisotopic (exact) mass is 251 g/mol. The van der Waals surface area contributed by atoms with Gasteiger partial charge in [-0.2, -0.15) is 0 Å². The van der Waals surface area contributed by atoms with Gasteiger partial charge in [0.25, 0.3) is 0 Å². The molecule has 1 aromatic rings. The Balaban J connectivity index is 2.04. The molecular formula is C13H18FN3O. The first kappa shape index (κ1) is 13.0. The Labute approximate surface area is 106 Å². The summed E-state index contributed by atoms with van der Waals surface area (Å²) in [5, 5.41) is 6.39. The van der Waals surface area contributed by atoms with Crippen molar-refractivity contribution >= 4 is 5.91 Å². The van der Waals surface area contributed by atoms with Crippen LogP contribution in [0, 0.1) is 5.82 Å². The van der Waals surface area contributed by atoms with Crippen LogP contribution < -0.4 is 16.4 Å². The number of piperidine rings is 1. The van der Waals surface area contributed by atoms with Crippen LogP contribution in [0.25, 0.3) is 0 Å². The van der Waals surface area contributed by atoms with E-state index in [-0.39, 0.29) is 11.7 Å². The summed E-state index contributed by atoms with van der Waals surface area (Å²) in [5.74, 6) is -0.604. The van der Waals surface area contributed by atoms with Gasteiger partial charge in [-0.1, -0.05) is 12.1 Å². The number of rotatable bonds is 4. The molecule has 98 valence electrons. The zero-order valence-corrected chi connectivity index (χ0v) is 10.2. The number of nitrogens with one attached hydrogen (secondary N) is 2. The van der Waals surface area contributed by atoms with Crippen molar-refractivity contribution in [3.63, 3.8) is 0 Å². The molecule has 1 aliphatic rings. The van der Waals surface area contributed by atoms with Gasteiger partial charge in [0.15, 0.2) is 0 Å². The van der Waals surface area contributed by atoms with Gasteiger partial charge >= 0.3 is 0 Å². The largest absolute Gasteiger partial charge is 0.368 e. The number of hydrogen-bond acceptors (Lipinski definition) is 3. The van der Waals surface area contributed by atoms with Crippen LogP contribution in [-0.4, -0.2) is 24.5 Å². The summed E-state index contributed by atoms with van der Waals surface area (Å²) in [6, 6.07) is 6.35. The average molecular weight is 251 g/mol. The molecule has 0 unspecified atom stereocenters. The number of benzene rings is 1. The molecule has 0 aliphatic carbocycles. The molecule has 0 bridgehead atoms. The minimum atomic E-state index is -0.669. The second kappa shape index (κ2) is 5.46. The molecule has 1 aromatic carbocycles. The van der Waals surface area contributed by atoms with Crippen molar-refractivity contribution < 1.29 is 9.18 Å². The van der Waals surface area contributed by atoms with Gasteiger partial charge < -0.3 is 11.1 Å². The van der Waals surface area contributed by atoms with Gasteiger partial charge in [0.05, 0.1) is 0 Å². The number of halogens is 1. The van der Waals surface area contributed by atoms with E-state index < -0.39 is 5.54 Å². The topological polar surface area (TPSA) is 67.2 Å². The van der Waals surface area contributed by atoms with E-state index in [0.29, 0.717) is 19.4 Å². The fraction of sp³-hybridized carbons (Fsp3) is 0.462. The third kappa shape index (κ3) is 2.86. The lowest BCUT2D eigenvalue weighted by Crippen LogP contribution is -2.60. The van der Waals surface area contributed by atoms with Crippen LogP contribution in [0.1, 0.15) is 18.4 Å². The van der Waals surface area contributed by atoms with Gasteiger partial charge in [-0.3, -0.25) is 10.1 Å². The van der Waals surface area contributed by atoms with E-state index in [1.54, 1.807) is 6.07 Å². The van der Waals surface area contributed by atoms with Crippen molar-refractivity contribution in [3.8, 4) is 0 Å². The minimum Gasteiger partial charge on any atom is -0.368 e. The van der Waals surface area contributed by atoms with E-state index in [0.717, 1.165) is 18.7 Å². The van der Waals surface area contributed by atoms with Gasteiger partial charge in [0.2, 0.25) is 5.91 Å². The highest BCUT2D eigenvalue weighted by molar-refractivity contribution is 5.84. The van der Waals surface area contributed by atoms with Crippen LogP contribution in [0.5, 0.6) is 0 Å². The zero-order valence-electron chi connectivity index (χ0n) is 10.2. The van der Waals surface area contributed by atoms with Gasteiger partial charge in [-0.25, -0.2) is 4.39 Å². The third-order valence-electron chi connectivity index (χ3n) is 3.45. The fourth-order valence-electron chi connectivity index (χ4n) is 2.28. The molecule has 18 heavy (non-hydrogen) atoms. The quantitative estimate of drug-likeness (QED) is 0.731. The average Bonchev–Trinajstić information content (AvgIpc) is 2.37. The molecular weight excluding hydrogens is 233 g/mol. The molecule has 0 spiro atoms. The third-order valence-corrected chi connectivity index (χ3v) is 3.45. The van der Waals surface area contributed by atoms with Crippen LogP contribution in [0.15, 0.2) is 24.3 Å². The highest BCUT2D eigenvalue weighted by Crippen LogP contribution is 2.18. The molecule has 0 saturated carbocycles. The highest BCUT2D eigenvalue weighted by atomic mass is 19.1. The van der Waals surface area contributed by atoms with E-state index in [2.05, 4.69) is 10.6 Å². The number of hydrogen-bond donors (Lipinski definition) is 3. The number of primary amides is 1. The highest BCUT2D eigenvalue weighted by Gasteiger charge is 2.37. The van der Waals surface area contributed by atoms with Gasteiger partial charge in [-0.15, -0.1) is 0 Å². The Morgan fingerprint density at radius 1 is 1.44 bits per heavy atom. The van der Waals surface area contributed by atoms with Crippen LogP contribution in [0.3, 0.4) is 0 Å². The number of nitrogens with two attached hydrogens (primary N) is 1. The van der Waals surface area contributed by atoms with Crippen molar-refractivity contribution in [2.24, 2.45) is 5.73 Å². The summed E-state index contributed by atoms with van der Waals surface area (Å²) in [5.41, 5.74) is 5.64. The molecule has 4 N–H and O–H groups in total. The maximum absolute atomic E-state index is 13.1. The lowest BCUT2D eigenvalue weighted by Gasteiger charge is -2.35. The number of amides is 1. The fourth-order valence-corrected chi connectivity index (χ4v) is 2.28. The molecule has 0 radical (unpaired) electrons. The summed E-state index contributed by atoms with van der Waals surface area (Å²) >= 11 is 0. The van der Waals surface area contributed by atoms with Crippen molar-refractivity contribution in [2.45, 2.75) is 24.9 Å². The Morgan fingerprint density at radius 2 is 2.17 bits per heavy atom. The maximum atomic E-state index is 13.1. The summed E-state index contributed by atoms with van der Waals surface area (Å²) in [6.07, 6.45) is 1.33. The first-order valence-electron chi connectivity index (χ1n) is 6.12. The number of carbonyl (C=O) groups excluding carboxylic acids is 1. The molecule has 5 heteroatoms. The summed E-state index contributed by atoms with van der Waals surface area (Å²) < 4.78 is 13.1. The molecule has 4 nitrogen and oxygen atoms in total. The maximum Gasteiger partial charge on any atom is 0.237 e.